The zero-order valence-corrected chi connectivity index (χ0v) is 33.9. The molecule has 7 unspecified atom stereocenters. The number of hydrogen-bond donors (Lipinski definition) is 5. The summed E-state index contributed by atoms with van der Waals surface area (Å²) in [6, 6.07) is -0.169. The first-order valence-corrected chi connectivity index (χ1v) is 20.0. The lowest BCUT2D eigenvalue weighted by Gasteiger charge is -2.49. The number of fused-ring (bicyclic) bond motifs is 2. The van der Waals surface area contributed by atoms with Crippen molar-refractivity contribution in [2.45, 2.75) is 185 Å². The monoisotopic (exact) mass is 758 g/mol. The van der Waals surface area contributed by atoms with Gasteiger partial charge < -0.3 is 58.9 Å². The van der Waals surface area contributed by atoms with E-state index in [1.54, 1.807) is 27.7 Å². The highest BCUT2D eigenvalue weighted by atomic mass is 16.7. The van der Waals surface area contributed by atoms with Crippen LogP contribution in [0.4, 0.5) is 0 Å². The Morgan fingerprint density at radius 3 is 2.30 bits per heavy atom. The summed E-state index contributed by atoms with van der Waals surface area (Å²) < 4.78 is 45.5. The molecule has 0 saturated carbocycles. The summed E-state index contributed by atoms with van der Waals surface area (Å²) in [6.45, 7) is 21.7. The van der Waals surface area contributed by atoms with Gasteiger partial charge in [0.15, 0.2) is 12.6 Å². The van der Waals surface area contributed by atoms with Gasteiger partial charge in [0.1, 0.15) is 23.9 Å². The number of rotatable bonds is 9. The van der Waals surface area contributed by atoms with Crippen molar-refractivity contribution in [3.8, 4) is 0 Å². The zero-order valence-electron chi connectivity index (χ0n) is 33.9. The van der Waals surface area contributed by atoms with Gasteiger partial charge >= 0.3 is 5.97 Å². The van der Waals surface area contributed by atoms with E-state index in [9.17, 15) is 25.2 Å². The number of carbonyl (C=O) groups excluding carboxylic acids is 1. The quantitative estimate of drug-likeness (QED) is 0.216. The topological polar surface area (TPSA) is 178 Å². The number of cyclic esters (lactones) is 1. The summed E-state index contributed by atoms with van der Waals surface area (Å²) in [6.07, 6.45) is -7.29. The third-order valence-corrected chi connectivity index (χ3v) is 13.3. The molecule has 14 nitrogen and oxygen atoms in total. The van der Waals surface area contributed by atoms with Gasteiger partial charge in [-0.25, -0.2) is 0 Å². The number of carbonyl (C=O) groups is 1. The molecule has 19 atom stereocenters. The van der Waals surface area contributed by atoms with Gasteiger partial charge in [0.2, 0.25) is 0 Å². The van der Waals surface area contributed by atoms with Gasteiger partial charge in [0, 0.05) is 57.6 Å². The lowest BCUT2D eigenvalue weighted by Crippen LogP contribution is -2.62. The van der Waals surface area contributed by atoms with E-state index in [4.69, 9.17) is 33.2 Å². The molecule has 5 saturated heterocycles. The van der Waals surface area contributed by atoms with Crippen LogP contribution in [0.3, 0.4) is 0 Å². The number of methoxy groups -OCH3 is 1. The minimum atomic E-state index is -1.79. The Morgan fingerprint density at radius 1 is 1.02 bits per heavy atom. The Labute approximate surface area is 316 Å². The molecule has 308 valence electrons. The largest absolute Gasteiger partial charge is 0.459 e. The Bertz CT molecular complexity index is 1220. The van der Waals surface area contributed by atoms with E-state index in [-0.39, 0.29) is 30.9 Å². The molecule has 0 spiro atoms. The zero-order chi connectivity index (χ0) is 39.2. The van der Waals surface area contributed by atoms with Crippen molar-refractivity contribution in [2.24, 2.45) is 23.7 Å². The van der Waals surface area contributed by atoms with Crippen molar-refractivity contribution >= 4 is 5.97 Å². The van der Waals surface area contributed by atoms with E-state index < -0.39 is 102 Å². The first kappa shape index (κ1) is 43.1. The number of nitrogens with zero attached hydrogens (tertiary/aromatic N) is 1. The Kier molecular flexibility index (Phi) is 13.7. The second kappa shape index (κ2) is 16.8. The molecule has 2 bridgehead atoms. The van der Waals surface area contributed by atoms with Crippen molar-refractivity contribution in [1.29, 1.82) is 0 Å². The molecular formula is C39H70N2O12. The van der Waals surface area contributed by atoms with Gasteiger partial charge in [-0.15, -0.1) is 0 Å². The van der Waals surface area contributed by atoms with E-state index in [1.807, 2.05) is 27.7 Å². The number of hydrogen-bond acceptors (Lipinski definition) is 14. The fourth-order valence-corrected chi connectivity index (χ4v) is 10.1. The average molecular weight is 759 g/mol. The highest BCUT2D eigenvalue weighted by Crippen LogP contribution is 2.48. The molecule has 0 radical (unpaired) electrons. The van der Waals surface area contributed by atoms with E-state index in [0.29, 0.717) is 12.8 Å². The van der Waals surface area contributed by atoms with E-state index in [2.05, 4.69) is 17.1 Å². The molecule has 0 aromatic heterocycles. The van der Waals surface area contributed by atoms with Gasteiger partial charge in [0.05, 0.1) is 53.7 Å². The number of aliphatic hydroxyl groups excluding tert-OH is 3. The standard InChI is InChI=1S/C39H70N2O12/c1-12-27(42)39(10,46)34-22(4)30-20(2)18-38(9,53-30)33(52-36-29(43)26(17-21(3)48-36)41-15-13-40-14-16-41)23(5)31(24(6)35(45)51-34)50-28-19-37(8,47-11)32(44)25(7)49-28/h20-34,36,40,42-44,46H,12-19H2,1-11H3/t20?,21?,22-,23-,24+,25?,26?,27+,28-,29?,30?,31-,32-,33+,34+,36-,37?,38-,39+/m0/s1. The fraction of sp³-hybridized carbons (Fsp3) is 0.974. The van der Waals surface area contributed by atoms with Crippen molar-refractivity contribution in [1.82, 2.24) is 10.2 Å². The lowest BCUT2D eigenvalue weighted by atomic mass is 9.76. The fourth-order valence-electron chi connectivity index (χ4n) is 10.1. The van der Waals surface area contributed by atoms with Gasteiger partial charge in [-0.2, -0.15) is 0 Å². The number of piperazine rings is 1. The first-order valence-electron chi connectivity index (χ1n) is 20.0. The summed E-state index contributed by atoms with van der Waals surface area (Å²) in [7, 11) is 1.54. The minimum Gasteiger partial charge on any atom is -0.459 e. The van der Waals surface area contributed by atoms with Gasteiger partial charge in [0.25, 0.3) is 0 Å². The maximum atomic E-state index is 14.4. The Balaban J connectivity index is 1.57. The van der Waals surface area contributed by atoms with Crippen LogP contribution in [-0.2, 0) is 38.0 Å². The smallest absolute Gasteiger partial charge is 0.311 e. The predicted molar refractivity (Wildman–Crippen MR) is 195 cm³/mol. The predicted octanol–water partition coefficient (Wildman–Crippen LogP) is 1.97. The van der Waals surface area contributed by atoms with Crippen LogP contribution in [0, 0.1) is 23.7 Å². The van der Waals surface area contributed by atoms with E-state index in [1.165, 1.54) is 14.0 Å². The molecule has 5 N–H and O–H groups in total. The van der Waals surface area contributed by atoms with Gasteiger partial charge in [-0.05, 0) is 66.7 Å². The number of aliphatic hydroxyl groups is 4. The lowest BCUT2D eigenvalue weighted by molar-refractivity contribution is -0.318. The Morgan fingerprint density at radius 2 is 1.68 bits per heavy atom. The highest BCUT2D eigenvalue weighted by Gasteiger charge is 2.59. The third kappa shape index (κ3) is 8.64. The van der Waals surface area contributed by atoms with E-state index >= 15 is 0 Å². The van der Waals surface area contributed by atoms with Crippen LogP contribution in [0.15, 0.2) is 0 Å². The SMILES string of the molecule is CC[C@@H](O)[C@@](C)(O)[C@@H]1OC(=O)[C@H](C)[C@@H](O[C@H]2CC(C)(OC)[C@@H](O)C(C)O2)[C@H](C)[C@@H](O[C@@H]2OC(C)CC(N3CCNCC3)C2O)[C@]2(C)CC(C)C(O2)[C@@H]1C. The van der Waals surface area contributed by atoms with Crippen LogP contribution in [0.2, 0.25) is 0 Å². The molecule has 0 aliphatic carbocycles. The van der Waals surface area contributed by atoms with Crippen molar-refractivity contribution in [3.63, 3.8) is 0 Å². The highest BCUT2D eigenvalue weighted by molar-refractivity contribution is 5.73. The third-order valence-electron chi connectivity index (χ3n) is 13.3. The molecule has 5 heterocycles. The molecule has 5 aliphatic heterocycles. The molecule has 5 rings (SSSR count). The number of esters is 1. The summed E-state index contributed by atoms with van der Waals surface area (Å²) in [5.74, 6) is -2.67. The van der Waals surface area contributed by atoms with Crippen LogP contribution < -0.4 is 5.32 Å². The second-order valence-electron chi connectivity index (χ2n) is 17.6. The molecule has 0 amide bonds. The van der Waals surface area contributed by atoms with Crippen LogP contribution in [-0.4, -0.2) is 155 Å². The molecular weight excluding hydrogens is 688 g/mol. The van der Waals surface area contributed by atoms with Crippen molar-refractivity contribution < 1.29 is 58.4 Å². The normalized spacial score (nSPS) is 49.4. The molecule has 14 heteroatoms. The van der Waals surface area contributed by atoms with Gasteiger partial charge in [-0.1, -0.05) is 27.7 Å². The van der Waals surface area contributed by atoms with Gasteiger partial charge in [-0.3, -0.25) is 9.69 Å². The Hall–Kier alpha value is -1.01. The van der Waals surface area contributed by atoms with Crippen molar-refractivity contribution in [2.75, 3.05) is 33.3 Å². The van der Waals surface area contributed by atoms with Crippen LogP contribution in [0.25, 0.3) is 0 Å². The molecule has 53 heavy (non-hydrogen) atoms. The summed E-state index contributed by atoms with van der Waals surface area (Å²) >= 11 is 0. The molecule has 5 aliphatic rings. The van der Waals surface area contributed by atoms with Crippen LogP contribution >= 0.6 is 0 Å². The van der Waals surface area contributed by atoms with Crippen molar-refractivity contribution in [3.05, 3.63) is 0 Å². The minimum absolute atomic E-state index is 0.0589. The maximum Gasteiger partial charge on any atom is 0.311 e. The average Bonchev–Trinajstić information content (AvgIpc) is 3.44. The summed E-state index contributed by atoms with van der Waals surface area (Å²) in [5.41, 5.74) is -3.73. The summed E-state index contributed by atoms with van der Waals surface area (Å²) in [4.78, 5) is 16.7. The van der Waals surface area contributed by atoms with E-state index in [0.717, 1.165) is 26.2 Å². The molecule has 0 aromatic rings. The molecule has 5 fully saturated rings. The first-order chi connectivity index (χ1) is 24.8. The maximum absolute atomic E-state index is 14.4. The van der Waals surface area contributed by atoms with Crippen LogP contribution in [0.1, 0.15) is 94.9 Å². The number of nitrogens with one attached hydrogen (secondary N) is 1. The van der Waals surface area contributed by atoms with Crippen LogP contribution in [0.5, 0.6) is 0 Å². The second-order valence-corrected chi connectivity index (χ2v) is 17.6. The molecule has 0 aromatic carbocycles. The number of ether oxygens (including phenoxy) is 7. The summed E-state index contributed by atoms with van der Waals surface area (Å²) in [5, 5.41) is 49.1.